The lowest BCUT2D eigenvalue weighted by Gasteiger charge is -2.32. The van der Waals surface area contributed by atoms with Gasteiger partial charge in [-0.2, -0.15) is 5.10 Å². The predicted octanol–water partition coefficient (Wildman–Crippen LogP) is 1.96. The Morgan fingerprint density at radius 1 is 1.52 bits per heavy atom. The third-order valence-corrected chi connectivity index (χ3v) is 4.59. The van der Waals surface area contributed by atoms with Crippen LogP contribution in [0.4, 0.5) is 0 Å². The Labute approximate surface area is 136 Å². The normalized spacial score (nSPS) is 19.0. The number of amides is 1. The van der Waals surface area contributed by atoms with Crippen molar-refractivity contribution in [1.29, 1.82) is 0 Å². The number of furan rings is 1. The molecule has 1 fully saturated rings. The van der Waals surface area contributed by atoms with Gasteiger partial charge in [0.25, 0.3) is 5.91 Å². The fourth-order valence-corrected chi connectivity index (χ4v) is 3.14. The van der Waals surface area contributed by atoms with Crippen molar-refractivity contribution < 1.29 is 9.21 Å². The van der Waals surface area contributed by atoms with Crippen LogP contribution in [-0.4, -0.2) is 40.2 Å². The first-order chi connectivity index (χ1) is 11.1. The van der Waals surface area contributed by atoms with Crippen LogP contribution < -0.4 is 5.32 Å². The molecular formula is C17H24N4O2. The molecule has 1 amide bonds. The van der Waals surface area contributed by atoms with Crippen LogP contribution in [0.25, 0.3) is 0 Å². The second-order valence-corrected chi connectivity index (χ2v) is 6.30. The van der Waals surface area contributed by atoms with Crippen molar-refractivity contribution in [3.63, 3.8) is 0 Å². The SMILES string of the molecule is Cc1c(C(=O)NC[C@@H]2CCCN(Cc3ccco3)C2)cnn1C. The number of carbonyl (C=O) groups excluding carboxylic acids is 1. The van der Waals surface area contributed by atoms with Crippen LogP contribution in [0.3, 0.4) is 0 Å². The lowest BCUT2D eigenvalue weighted by atomic mass is 9.97. The van der Waals surface area contributed by atoms with Gasteiger partial charge in [-0.15, -0.1) is 0 Å². The van der Waals surface area contributed by atoms with Gasteiger partial charge >= 0.3 is 0 Å². The highest BCUT2D eigenvalue weighted by atomic mass is 16.3. The summed E-state index contributed by atoms with van der Waals surface area (Å²) in [5.41, 5.74) is 1.56. The first-order valence-electron chi connectivity index (χ1n) is 8.15. The summed E-state index contributed by atoms with van der Waals surface area (Å²) in [5, 5.41) is 7.18. The van der Waals surface area contributed by atoms with Crippen LogP contribution in [0, 0.1) is 12.8 Å². The third-order valence-electron chi connectivity index (χ3n) is 4.59. The summed E-state index contributed by atoms with van der Waals surface area (Å²) in [5.74, 6) is 1.46. The van der Waals surface area contributed by atoms with Crippen molar-refractivity contribution in [2.24, 2.45) is 13.0 Å². The number of carbonyl (C=O) groups is 1. The molecule has 0 unspecified atom stereocenters. The first-order valence-corrected chi connectivity index (χ1v) is 8.15. The molecule has 0 aliphatic carbocycles. The van der Waals surface area contributed by atoms with E-state index in [1.165, 1.54) is 0 Å². The first kappa shape index (κ1) is 15.8. The van der Waals surface area contributed by atoms with Gasteiger partial charge in [0.05, 0.1) is 24.6 Å². The summed E-state index contributed by atoms with van der Waals surface area (Å²) in [6.07, 6.45) is 5.66. The Morgan fingerprint density at radius 2 is 2.39 bits per heavy atom. The average molecular weight is 316 g/mol. The largest absolute Gasteiger partial charge is 0.468 e. The molecule has 1 aliphatic rings. The summed E-state index contributed by atoms with van der Waals surface area (Å²) in [6.45, 7) is 5.55. The highest BCUT2D eigenvalue weighted by molar-refractivity contribution is 5.95. The van der Waals surface area contributed by atoms with Crippen molar-refractivity contribution >= 4 is 5.91 Å². The molecule has 6 heteroatoms. The standard InChI is InChI=1S/C17H24N4O2/c1-13-16(10-19-20(13)2)17(22)18-9-14-5-3-7-21(11-14)12-15-6-4-8-23-15/h4,6,8,10,14H,3,5,7,9,11-12H2,1-2H3,(H,18,22)/t14-/m0/s1. The highest BCUT2D eigenvalue weighted by Crippen LogP contribution is 2.18. The Bertz CT molecular complexity index is 648. The molecule has 0 radical (unpaired) electrons. The molecule has 1 aliphatic heterocycles. The molecule has 1 saturated heterocycles. The minimum absolute atomic E-state index is 0.0289. The maximum atomic E-state index is 12.3. The van der Waals surface area contributed by atoms with Gasteiger partial charge < -0.3 is 9.73 Å². The Balaban J connectivity index is 1.50. The molecule has 124 valence electrons. The van der Waals surface area contributed by atoms with E-state index in [2.05, 4.69) is 15.3 Å². The number of nitrogens with zero attached hydrogens (tertiary/aromatic N) is 3. The van der Waals surface area contributed by atoms with Gasteiger partial charge in [0, 0.05) is 25.8 Å². The Kier molecular flexibility index (Phi) is 4.81. The van der Waals surface area contributed by atoms with Crippen LogP contribution in [0.5, 0.6) is 0 Å². The van der Waals surface area contributed by atoms with Crippen molar-refractivity contribution in [3.05, 3.63) is 41.6 Å². The molecule has 3 rings (SSSR count). The lowest BCUT2D eigenvalue weighted by molar-refractivity contribution is 0.0927. The summed E-state index contributed by atoms with van der Waals surface area (Å²) in [4.78, 5) is 14.7. The van der Waals surface area contributed by atoms with Crippen molar-refractivity contribution in [2.45, 2.75) is 26.3 Å². The van der Waals surface area contributed by atoms with E-state index in [9.17, 15) is 4.79 Å². The molecule has 0 aromatic carbocycles. The lowest BCUT2D eigenvalue weighted by Crippen LogP contribution is -2.40. The monoisotopic (exact) mass is 316 g/mol. The van der Waals surface area contributed by atoms with Crippen LogP contribution in [-0.2, 0) is 13.6 Å². The zero-order chi connectivity index (χ0) is 16.2. The number of hydrogen-bond donors (Lipinski definition) is 1. The van der Waals surface area contributed by atoms with Crippen LogP contribution in [0.1, 0.15) is 34.7 Å². The Morgan fingerprint density at radius 3 is 3.09 bits per heavy atom. The van der Waals surface area contributed by atoms with E-state index in [0.29, 0.717) is 18.0 Å². The van der Waals surface area contributed by atoms with Gasteiger partial charge in [0.1, 0.15) is 5.76 Å². The minimum atomic E-state index is -0.0289. The molecular weight excluding hydrogens is 292 g/mol. The number of nitrogens with one attached hydrogen (secondary N) is 1. The van der Waals surface area contributed by atoms with E-state index in [0.717, 1.165) is 43.9 Å². The molecule has 1 atom stereocenters. The van der Waals surface area contributed by atoms with E-state index in [4.69, 9.17) is 4.42 Å². The van der Waals surface area contributed by atoms with E-state index >= 15 is 0 Å². The van der Waals surface area contributed by atoms with Crippen LogP contribution in [0.2, 0.25) is 0 Å². The van der Waals surface area contributed by atoms with E-state index in [-0.39, 0.29) is 5.91 Å². The fraction of sp³-hybridized carbons (Fsp3) is 0.529. The van der Waals surface area contributed by atoms with Crippen LogP contribution in [0.15, 0.2) is 29.0 Å². The fourth-order valence-electron chi connectivity index (χ4n) is 3.14. The average Bonchev–Trinajstić information content (AvgIpc) is 3.17. The second kappa shape index (κ2) is 7.00. The van der Waals surface area contributed by atoms with E-state index in [1.807, 2.05) is 26.1 Å². The van der Waals surface area contributed by atoms with Crippen LogP contribution >= 0.6 is 0 Å². The highest BCUT2D eigenvalue weighted by Gasteiger charge is 2.22. The maximum Gasteiger partial charge on any atom is 0.254 e. The molecule has 3 heterocycles. The number of hydrogen-bond acceptors (Lipinski definition) is 4. The second-order valence-electron chi connectivity index (χ2n) is 6.30. The summed E-state index contributed by atoms with van der Waals surface area (Å²) in [6, 6.07) is 3.93. The quantitative estimate of drug-likeness (QED) is 0.916. The van der Waals surface area contributed by atoms with Gasteiger partial charge in [0.15, 0.2) is 0 Å². The van der Waals surface area contributed by atoms with Gasteiger partial charge in [0.2, 0.25) is 0 Å². The zero-order valence-corrected chi connectivity index (χ0v) is 13.8. The van der Waals surface area contributed by atoms with Crippen molar-refractivity contribution in [3.8, 4) is 0 Å². The number of piperidine rings is 1. The molecule has 0 spiro atoms. The summed E-state index contributed by atoms with van der Waals surface area (Å²) >= 11 is 0. The molecule has 2 aromatic rings. The zero-order valence-electron chi connectivity index (χ0n) is 13.8. The van der Waals surface area contributed by atoms with E-state index < -0.39 is 0 Å². The smallest absolute Gasteiger partial charge is 0.254 e. The molecule has 0 saturated carbocycles. The molecule has 2 aromatic heterocycles. The Hall–Kier alpha value is -2.08. The minimum Gasteiger partial charge on any atom is -0.468 e. The third kappa shape index (κ3) is 3.82. The van der Waals surface area contributed by atoms with Crippen molar-refractivity contribution in [1.82, 2.24) is 20.0 Å². The van der Waals surface area contributed by atoms with Gasteiger partial charge in [-0.25, -0.2) is 0 Å². The topological polar surface area (TPSA) is 63.3 Å². The summed E-state index contributed by atoms with van der Waals surface area (Å²) < 4.78 is 7.15. The van der Waals surface area contributed by atoms with Gasteiger partial charge in [-0.1, -0.05) is 0 Å². The molecule has 0 bridgehead atoms. The number of aryl methyl sites for hydroxylation is 1. The summed E-state index contributed by atoms with van der Waals surface area (Å²) in [7, 11) is 1.85. The maximum absolute atomic E-state index is 12.3. The van der Waals surface area contributed by atoms with Gasteiger partial charge in [-0.3, -0.25) is 14.4 Å². The van der Waals surface area contributed by atoms with Gasteiger partial charge in [-0.05, 0) is 44.4 Å². The predicted molar refractivity (Wildman–Crippen MR) is 87.0 cm³/mol. The number of likely N-dealkylation sites (tertiary alicyclic amines) is 1. The van der Waals surface area contributed by atoms with Crippen molar-refractivity contribution in [2.75, 3.05) is 19.6 Å². The molecule has 6 nitrogen and oxygen atoms in total. The molecule has 1 N–H and O–H groups in total. The van der Waals surface area contributed by atoms with E-state index in [1.54, 1.807) is 17.1 Å². The number of aromatic nitrogens is 2. The number of rotatable bonds is 5. The molecule has 23 heavy (non-hydrogen) atoms.